The molecule has 0 unspecified atom stereocenters. The third-order valence-corrected chi connectivity index (χ3v) is 5.60. The van der Waals surface area contributed by atoms with Crippen molar-refractivity contribution in [2.45, 2.75) is 12.3 Å². The number of halogens is 3. The predicted molar refractivity (Wildman–Crippen MR) is 105 cm³/mol. The van der Waals surface area contributed by atoms with Gasteiger partial charge in [0.05, 0.1) is 12.3 Å². The summed E-state index contributed by atoms with van der Waals surface area (Å²) in [5.41, 5.74) is 1.46. The smallest absolute Gasteiger partial charge is 0.238 e. The third-order valence-electron chi connectivity index (χ3n) is 3.52. The second-order valence-electron chi connectivity index (χ2n) is 5.61. The molecule has 0 saturated heterocycles. The molecule has 0 spiro atoms. The van der Waals surface area contributed by atoms with E-state index in [1.807, 2.05) is 6.07 Å². The zero-order chi connectivity index (χ0) is 18.7. The Morgan fingerprint density at radius 2 is 1.73 bits per heavy atom. The lowest BCUT2D eigenvalue weighted by molar-refractivity contribution is 0.600. The van der Waals surface area contributed by atoms with Crippen molar-refractivity contribution in [3.8, 4) is 0 Å². The molecule has 0 bridgehead atoms. The second kappa shape index (κ2) is 7.88. The maximum atomic E-state index is 12.3. The van der Waals surface area contributed by atoms with Crippen molar-refractivity contribution in [2.75, 3.05) is 4.72 Å². The highest BCUT2D eigenvalue weighted by Crippen LogP contribution is 2.25. The van der Waals surface area contributed by atoms with Gasteiger partial charge >= 0.3 is 0 Å². The molecule has 0 aliphatic carbocycles. The predicted octanol–water partition coefficient (Wildman–Crippen LogP) is 4.83. The first kappa shape index (κ1) is 19.0. The Hall–Kier alpha value is -1.73. The van der Waals surface area contributed by atoms with Gasteiger partial charge < -0.3 is 0 Å². The molecule has 136 valence electrons. The summed E-state index contributed by atoms with van der Waals surface area (Å²) in [5.74, 6) is -0.0901. The fourth-order valence-corrected chi connectivity index (χ4v) is 4.22. The molecule has 9 heteroatoms. The standard InChI is InChI=1S/C17H14Cl3N3O2S/c18-14-7-6-13(15(19)8-14)9-23-10-16(20)17(21-23)22-26(24,25)11-12-4-2-1-3-5-12/h1-8,10H,9,11H2,(H,21,22). The van der Waals surface area contributed by atoms with Crippen LogP contribution in [-0.4, -0.2) is 18.2 Å². The van der Waals surface area contributed by atoms with Gasteiger partial charge in [-0.05, 0) is 23.3 Å². The first-order valence-electron chi connectivity index (χ1n) is 7.54. The van der Waals surface area contributed by atoms with Crippen LogP contribution in [0.4, 0.5) is 5.82 Å². The van der Waals surface area contributed by atoms with Crippen molar-refractivity contribution in [3.05, 3.63) is 80.9 Å². The maximum Gasteiger partial charge on any atom is 0.238 e. The summed E-state index contributed by atoms with van der Waals surface area (Å²) in [7, 11) is -3.64. The van der Waals surface area contributed by atoms with Gasteiger partial charge in [0.2, 0.25) is 10.0 Å². The van der Waals surface area contributed by atoms with Crippen LogP contribution in [0.15, 0.2) is 54.7 Å². The first-order chi connectivity index (χ1) is 12.3. The van der Waals surface area contributed by atoms with E-state index < -0.39 is 10.0 Å². The van der Waals surface area contributed by atoms with Crippen molar-refractivity contribution < 1.29 is 8.42 Å². The van der Waals surface area contributed by atoms with E-state index in [-0.39, 0.29) is 16.6 Å². The van der Waals surface area contributed by atoms with Crippen molar-refractivity contribution in [1.29, 1.82) is 0 Å². The van der Waals surface area contributed by atoms with Crippen LogP contribution in [0.3, 0.4) is 0 Å². The number of anilines is 1. The lowest BCUT2D eigenvalue weighted by Gasteiger charge is -2.07. The molecule has 1 N–H and O–H groups in total. The highest BCUT2D eigenvalue weighted by atomic mass is 35.5. The Kier molecular flexibility index (Phi) is 5.77. The van der Waals surface area contributed by atoms with Crippen molar-refractivity contribution in [3.63, 3.8) is 0 Å². The minimum atomic E-state index is -3.64. The molecule has 0 atom stereocenters. The van der Waals surface area contributed by atoms with Gasteiger partial charge in [-0.25, -0.2) is 8.42 Å². The van der Waals surface area contributed by atoms with Crippen LogP contribution in [0.5, 0.6) is 0 Å². The van der Waals surface area contributed by atoms with Crippen LogP contribution in [0.25, 0.3) is 0 Å². The van der Waals surface area contributed by atoms with E-state index in [9.17, 15) is 8.42 Å². The van der Waals surface area contributed by atoms with Gasteiger partial charge in [0, 0.05) is 16.2 Å². The molecule has 0 aliphatic heterocycles. The Balaban J connectivity index is 1.75. The summed E-state index contributed by atoms with van der Waals surface area (Å²) >= 11 is 18.2. The van der Waals surface area contributed by atoms with Gasteiger partial charge in [0.15, 0.2) is 5.82 Å². The molecule has 2 aromatic carbocycles. The molecule has 5 nitrogen and oxygen atoms in total. The second-order valence-corrected chi connectivity index (χ2v) is 8.58. The normalized spacial score (nSPS) is 11.5. The summed E-state index contributed by atoms with van der Waals surface area (Å²) in [5, 5.41) is 5.43. The number of hydrogen-bond donors (Lipinski definition) is 1. The highest BCUT2D eigenvalue weighted by Gasteiger charge is 2.17. The maximum absolute atomic E-state index is 12.3. The fourth-order valence-electron chi connectivity index (χ4n) is 2.35. The summed E-state index contributed by atoms with van der Waals surface area (Å²) in [4.78, 5) is 0. The molecule has 0 fully saturated rings. The SMILES string of the molecule is O=S(=O)(Cc1ccccc1)Nc1nn(Cc2ccc(Cl)cc2Cl)cc1Cl. The Labute approximate surface area is 166 Å². The van der Waals surface area contributed by atoms with Crippen LogP contribution in [-0.2, 0) is 22.3 Å². The number of sulfonamides is 1. The van der Waals surface area contributed by atoms with Crippen molar-refractivity contribution in [1.82, 2.24) is 9.78 Å². The van der Waals surface area contributed by atoms with Gasteiger partial charge in [-0.3, -0.25) is 9.40 Å². The molecule has 3 aromatic rings. The fraction of sp³-hybridized carbons (Fsp3) is 0.118. The Morgan fingerprint density at radius 3 is 2.42 bits per heavy atom. The third kappa shape index (κ3) is 4.92. The summed E-state index contributed by atoms with van der Waals surface area (Å²) < 4.78 is 28.6. The average molecular weight is 431 g/mol. The van der Waals surface area contributed by atoms with E-state index in [0.717, 1.165) is 5.56 Å². The van der Waals surface area contributed by atoms with Gasteiger partial charge in [-0.1, -0.05) is 71.2 Å². The van der Waals surface area contributed by atoms with Crippen LogP contribution in [0, 0.1) is 0 Å². The average Bonchev–Trinajstić information content (AvgIpc) is 2.89. The lowest BCUT2D eigenvalue weighted by Crippen LogP contribution is -2.16. The van der Waals surface area contributed by atoms with E-state index in [4.69, 9.17) is 34.8 Å². The molecule has 0 saturated carbocycles. The van der Waals surface area contributed by atoms with Crippen LogP contribution in [0.1, 0.15) is 11.1 Å². The number of hydrogen-bond acceptors (Lipinski definition) is 3. The van der Waals surface area contributed by atoms with E-state index in [1.54, 1.807) is 42.5 Å². The molecular weight excluding hydrogens is 417 g/mol. The van der Waals surface area contributed by atoms with E-state index in [0.29, 0.717) is 22.2 Å². The lowest BCUT2D eigenvalue weighted by atomic mass is 10.2. The summed E-state index contributed by atoms with van der Waals surface area (Å²) in [6, 6.07) is 14.0. The van der Waals surface area contributed by atoms with Crippen molar-refractivity contribution in [2.24, 2.45) is 0 Å². The van der Waals surface area contributed by atoms with Gasteiger partial charge in [-0.2, -0.15) is 5.10 Å². The number of nitrogens with one attached hydrogen (secondary N) is 1. The molecule has 3 rings (SSSR count). The molecule has 1 heterocycles. The van der Waals surface area contributed by atoms with E-state index in [1.165, 1.54) is 10.9 Å². The molecule has 26 heavy (non-hydrogen) atoms. The van der Waals surface area contributed by atoms with E-state index >= 15 is 0 Å². The molecule has 0 amide bonds. The molecule has 0 aliphatic rings. The minimum absolute atomic E-state index is 0.0766. The number of nitrogens with zero attached hydrogens (tertiary/aromatic N) is 2. The monoisotopic (exact) mass is 429 g/mol. The van der Waals surface area contributed by atoms with Crippen LogP contribution < -0.4 is 4.72 Å². The van der Waals surface area contributed by atoms with Crippen molar-refractivity contribution >= 4 is 50.6 Å². The first-order valence-corrected chi connectivity index (χ1v) is 10.3. The largest absolute Gasteiger partial charge is 0.265 e. The number of aromatic nitrogens is 2. The molecule has 1 aromatic heterocycles. The number of rotatable bonds is 6. The highest BCUT2D eigenvalue weighted by molar-refractivity contribution is 7.91. The Bertz CT molecular complexity index is 1020. The minimum Gasteiger partial charge on any atom is -0.265 e. The zero-order valence-corrected chi connectivity index (χ0v) is 16.4. The van der Waals surface area contributed by atoms with Gasteiger partial charge in [-0.15, -0.1) is 0 Å². The summed E-state index contributed by atoms with van der Waals surface area (Å²) in [6.45, 7) is 0.329. The van der Waals surface area contributed by atoms with Crippen LogP contribution in [0.2, 0.25) is 15.1 Å². The number of benzene rings is 2. The van der Waals surface area contributed by atoms with Crippen LogP contribution >= 0.6 is 34.8 Å². The zero-order valence-electron chi connectivity index (χ0n) is 13.4. The molecular formula is C17H14Cl3N3O2S. The summed E-state index contributed by atoms with van der Waals surface area (Å²) in [6.07, 6.45) is 1.53. The van der Waals surface area contributed by atoms with Gasteiger partial charge in [0.1, 0.15) is 5.02 Å². The quantitative estimate of drug-likeness (QED) is 0.609. The molecule has 0 radical (unpaired) electrons. The van der Waals surface area contributed by atoms with Gasteiger partial charge in [0.25, 0.3) is 0 Å². The Morgan fingerprint density at radius 1 is 1.00 bits per heavy atom. The topological polar surface area (TPSA) is 64.0 Å². The van der Waals surface area contributed by atoms with E-state index in [2.05, 4.69) is 9.82 Å².